The fourth-order valence-electron chi connectivity index (χ4n) is 1.36. The number of aliphatic hydroxyl groups is 1. The van der Waals surface area contributed by atoms with Crippen molar-refractivity contribution in [2.45, 2.75) is 20.8 Å². The Hall–Kier alpha value is -0.610. The molecule has 13 heavy (non-hydrogen) atoms. The monoisotopic (exact) mass is 192 g/mol. The second-order valence-corrected chi connectivity index (χ2v) is 2.84. The Bertz CT molecular complexity index is 105. The number of likely N-dealkylation sites (N-methyl/N-ethyl adjacent to an activating group) is 1. The van der Waals surface area contributed by atoms with E-state index < -0.39 is 0 Å². The smallest absolute Gasteiger partial charge is 0.290 e. The number of rotatable bonds is 5. The van der Waals surface area contributed by atoms with Crippen LogP contribution in [0.2, 0.25) is 0 Å². The van der Waals surface area contributed by atoms with Crippen LogP contribution in [0.3, 0.4) is 0 Å². The number of carboxylic acid groups (broad SMARTS) is 1. The third kappa shape index (κ3) is 6.54. The van der Waals surface area contributed by atoms with Crippen LogP contribution < -0.4 is 0 Å². The summed E-state index contributed by atoms with van der Waals surface area (Å²) in [6, 6.07) is 0. The topological polar surface area (TPSA) is 57.5 Å². The zero-order valence-corrected chi connectivity index (χ0v) is 8.86. The molecule has 0 fully saturated rings. The number of aliphatic hydroxyl groups excluding tert-OH is 1. The fraction of sp³-hybridized carbons (Fsp3) is 0.889. The summed E-state index contributed by atoms with van der Waals surface area (Å²) >= 11 is 0. The van der Waals surface area contributed by atoms with Crippen LogP contribution >= 0.6 is 0 Å². The molecule has 0 aromatic rings. The van der Waals surface area contributed by atoms with Crippen molar-refractivity contribution in [1.29, 1.82) is 0 Å². The molecule has 0 bridgehead atoms. The van der Waals surface area contributed by atoms with Crippen LogP contribution in [0.4, 0.5) is 0 Å². The van der Waals surface area contributed by atoms with Crippen LogP contribution in [-0.2, 0) is 4.79 Å². The van der Waals surface area contributed by atoms with Crippen molar-refractivity contribution >= 4 is 6.47 Å². The molecule has 4 nitrogen and oxygen atoms in total. The summed E-state index contributed by atoms with van der Waals surface area (Å²) in [5.74, 6) is 0. The summed E-state index contributed by atoms with van der Waals surface area (Å²) < 4.78 is 1.05. The highest BCUT2D eigenvalue weighted by molar-refractivity contribution is 5.32. The zero-order valence-electron chi connectivity index (χ0n) is 8.86. The van der Waals surface area contributed by atoms with Crippen LogP contribution in [0, 0.1) is 0 Å². The molecule has 0 saturated heterocycles. The van der Waals surface area contributed by atoms with E-state index >= 15 is 0 Å². The molecule has 0 radical (unpaired) electrons. The van der Waals surface area contributed by atoms with E-state index in [1.807, 2.05) is 0 Å². The Morgan fingerprint density at radius 3 is 1.54 bits per heavy atom. The number of hydrogen-bond donors (Lipinski definition) is 2. The summed E-state index contributed by atoms with van der Waals surface area (Å²) in [6.07, 6.45) is 0. The first kappa shape index (κ1) is 14.9. The minimum atomic E-state index is -0.250. The Morgan fingerprint density at radius 2 is 1.46 bits per heavy atom. The molecule has 0 heterocycles. The Balaban J connectivity index is 0. The van der Waals surface area contributed by atoms with Gasteiger partial charge in [0, 0.05) is 0 Å². The molecule has 0 atom stereocenters. The van der Waals surface area contributed by atoms with Gasteiger partial charge in [-0.3, -0.25) is 4.79 Å². The van der Waals surface area contributed by atoms with Crippen LogP contribution in [0.15, 0.2) is 0 Å². The summed E-state index contributed by atoms with van der Waals surface area (Å²) in [5, 5.41) is 15.7. The van der Waals surface area contributed by atoms with Crippen LogP contribution in [0.25, 0.3) is 0 Å². The highest BCUT2D eigenvalue weighted by Gasteiger charge is 2.18. The largest absolute Gasteiger partial charge is 0.483 e. The molecule has 0 unspecified atom stereocenters. The second kappa shape index (κ2) is 9.48. The summed E-state index contributed by atoms with van der Waals surface area (Å²) in [5.41, 5.74) is 0. The van der Waals surface area contributed by atoms with Gasteiger partial charge in [-0.05, 0) is 20.8 Å². The molecule has 4 heteroatoms. The van der Waals surface area contributed by atoms with Crippen LogP contribution in [-0.4, -0.2) is 54.0 Å². The molecule has 0 aliphatic carbocycles. The van der Waals surface area contributed by atoms with E-state index in [0.717, 1.165) is 30.7 Å². The molecule has 0 aliphatic heterocycles. The summed E-state index contributed by atoms with van der Waals surface area (Å²) in [7, 11) is 0. The lowest BCUT2D eigenvalue weighted by molar-refractivity contribution is -0.923. The minimum absolute atomic E-state index is 0.250. The first-order valence-corrected chi connectivity index (χ1v) is 4.70. The normalized spacial score (nSPS) is 10.2. The summed E-state index contributed by atoms with van der Waals surface area (Å²) in [4.78, 5) is 8.36. The third-order valence-electron chi connectivity index (χ3n) is 2.59. The fourth-order valence-corrected chi connectivity index (χ4v) is 1.36. The molecule has 0 aromatic heterocycles. The van der Waals surface area contributed by atoms with Crippen molar-refractivity contribution in [1.82, 2.24) is 0 Å². The van der Waals surface area contributed by atoms with Crippen molar-refractivity contribution in [3.05, 3.63) is 0 Å². The first-order chi connectivity index (χ1) is 6.16. The quantitative estimate of drug-likeness (QED) is 0.494. The van der Waals surface area contributed by atoms with Gasteiger partial charge in [0.15, 0.2) is 0 Å². The molecular weight excluding hydrogens is 170 g/mol. The van der Waals surface area contributed by atoms with Gasteiger partial charge in [-0.15, -0.1) is 0 Å². The van der Waals surface area contributed by atoms with Crippen molar-refractivity contribution in [2.75, 3.05) is 32.8 Å². The number of hydrogen-bond acceptors (Lipinski definition) is 2. The van der Waals surface area contributed by atoms with Gasteiger partial charge in [0.2, 0.25) is 0 Å². The van der Waals surface area contributed by atoms with Gasteiger partial charge in [-0.25, -0.2) is 0 Å². The third-order valence-corrected chi connectivity index (χ3v) is 2.59. The highest BCUT2D eigenvalue weighted by Crippen LogP contribution is 2.03. The molecule has 0 aromatic carbocycles. The molecular formula is C9H22NO3+. The maximum Gasteiger partial charge on any atom is 0.290 e. The van der Waals surface area contributed by atoms with Gasteiger partial charge in [0.25, 0.3) is 6.47 Å². The van der Waals surface area contributed by atoms with Gasteiger partial charge >= 0.3 is 0 Å². The number of carbonyl (C=O) groups is 1. The lowest BCUT2D eigenvalue weighted by Gasteiger charge is -2.34. The second-order valence-electron chi connectivity index (χ2n) is 2.84. The van der Waals surface area contributed by atoms with Crippen molar-refractivity contribution in [3.63, 3.8) is 0 Å². The van der Waals surface area contributed by atoms with Crippen molar-refractivity contribution in [2.24, 2.45) is 0 Å². The van der Waals surface area contributed by atoms with Crippen molar-refractivity contribution < 1.29 is 19.5 Å². The maximum atomic E-state index is 8.78. The Kier molecular flexibility index (Phi) is 10.9. The highest BCUT2D eigenvalue weighted by atomic mass is 16.3. The molecule has 0 amide bonds. The molecule has 0 spiro atoms. The van der Waals surface area contributed by atoms with E-state index in [1.54, 1.807) is 0 Å². The average Bonchev–Trinajstić information content (AvgIpc) is 2.16. The zero-order chi connectivity index (χ0) is 10.7. The van der Waals surface area contributed by atoms with E-state index in [4.69, 9.17) is 15.0 Å². The van der Waals surface area contributed by atoms with Crippen molar-refractivity contribution in [3.8, 4) is 0 Å². The summed E-state index contributed by atoms with van der Waals surface area (Å²) in [6.45, 7) is 10.9. The minimum Gasteiger partial charge on any atom is -0.483 e. The number of quaternary nitrogens is 1. The first-order valence-electron chi connectivity index (χ1n) is 4.70. The molecule has 0 saturated carbocycles. The molecule has 2 N–H and O–H groups in total. The SMILES string of the molecule is CC[N+](CC)(CC)CCO.O=CO. The van der Waals surface area contributed by atoms with E-state index in [1.165, 1.54) is 0 Å². The molecule has 0 aliphatic rings. The van der Waals surface area contributed by atoms with Gasteiger partial charge in [-0.2, -0.15) is 0 Å². The lowest BCUT2D eigenvalue weighted by Crippen LogP contribution is -2.49. The van der Waals surface area contributed by atoms with Gasteiger partial charge in [0.1, 0.15) is 6.54 Å². The van der Waals surface area contributed by atoms with E-state index in [9.17, 15) is 0 Å². The molecule has 0 rings (SSSR count). The van der Waals surface area contributed by atoms with E-state index in [2.05, 4.69) is 20.8 Å². The van der Waals surface area contributed by atoms with Crippen LogP contribution in [0.5, 0.6) is 0 Å². The Morgan fingerprint density at radius 1 is 1.15 bits per heavy atom. The average molecular weight is 192 g/mol. The van der Waals surface area contributed by atoms with E-state index in [-0.39, 0.29) is 6.47 Å². The predicted octanol–water partition coefficient (Wildman–Crippen LogP) is 0.556. The van der Waals surface area contributed by atoms with Gasteiger partial charge in [0.05, 0.1) is 26.2 Å². The molecule has 80 valence electrons. The standard InChI is InChI=1S/C8H20NO.CH2O2/c1-4-9(5-2,6-3)7-8-10;2-1-3/h10H,4-8H2,1-3H3;1H,(H,2,3)/q+1;. The predicted molar refractivity (Wildman–Crippen MR) is 52.5 cm³/mol. The van der Waals surface area contributed by atoms with E-state index in [0.29, 0.717) is 6.61 Å². The maximum absolute atomic E-state index is 8.78. The van der Waals surface area contributed by atoms with Crippen LogP contribution in [0.1, 0.15) is 20.8 Å². The van der Waals surface area contributed by atoms with Gasteiger partial charge in [-0.1, -0.05) is 0 Å². The Labute approximate surface area is 80.4 Å². The number of nitrogens with zero attached hydrogens (tertiary/aromatic N) is 1. The van der Waals surface area contributed by atoms with Gasteiger partial charge < -0.3 is 14.7 Å². The lowest BCUT2D eigenvalue weighted by atomic mass is 10.3.